The Balaban J connectivity index is 2.25. The maximum atomic E-state index is 11.5. The fraction of sp³-hybridized carbons (Fsp3) is 0.286. The van der Waals surface area contributed by atoms with Gasteiger partial charge < -0.3 is 14.5 Å². The molecule has 0 aliphatic carbocycles. The number of aromatic nitrogens is 1. The maximum Gasteiger partial charge on any atom is 0.513 e. The molecule has 0 amide bonds. The van der Waals surface area contributed by atoms with E-state index in [1.165, 1.54) is 6.07 Å². The first-order valence-electron chi connectivity index (χ1n) is 6.03. The second kappa shape index (κ2) is 5.56. The number of para-hydroxylation sites is 1. The quantitative estimate of drug-likeness (QED) is 0.862. The van der Waals surface area contributed by atoms with E-state index in [1.807, 2.05) is 13.8 Å². The number of carbonyl (C=O) groups excluding carboxylic acids is 1. The molecule has 0 saturated carbocycles. The molecule has 0 saturated heterocycles. The standard InChI is InChI=1S/C14H15NO4/c1-9(2)8-18-14(17)19-12-7-13(16)15-11-6-4-3-5-10(11)12/h3-7,9H,8H2,1-2H3,(H,15,16). The van der Waals surface area contributed by atoms with Gasteiger partial charge in [-0.05, 0) is 18.1 Å². The van der Waals surface area contributed by atoms with Gasteiger partial charge in [-0.1, -0.05) is 26.0 Å². The van der Waals surface area contributed by atoms with Gasteiger partial charge in [0, 0.05) is 11.5 Å². The van der Waals surface area contributed by atoms with Gasteiger partial charge in [-0.2, -0.15) is 0 Å². The van der Waals surface area contributed by atoms with Crippen molar-refractivity contribution in [3.8, 4) is 5.75 Å². The summed E-state index contributed by atoms with van der Waals surface area (Å²) in [5.74, 6) is 0.427. The first kappa shape index (κ1) is 13.1. The van der Waals surface area contributed by atoms with E-state index >= 15 is 0 Å². The van der Waals surface area contributed by atoms with Crippen molar-refractivity contribution in [2.45, 2.75) is 13.8 Å². The number of rotatable bonds is 3. The first-order valence-corrected chi connectivity index (χ1v) is 6.03. The molecule has 1 aromatic carbocycles. The number of ether oxygens (including phenoxy) is 2. The van der Waals surface area contributed by atoms with Crippen molar-refractivity contribution in [3.63, 3.8) is 0 Å². The highest BCUT2D eigenvalue weighted by molar-refractivity contribution is 5.86. The second-order valence-electron chi connectivity index (χ2n) is 4.60. The topological polar surface area (TPSA) is 68.4 Å². The van der Waals surface area contributed by atoms with Crippen molar-refractivity contribution in [2.24, 2.45) is 5.92 Å². The molecular formula is C14H15NO4. The van der Waals surface area contributed by atoms with E-state index in [-0.39, 0.29) is 23.8 Å². The zero-order chi connectivity index (χ0) is 13.8. The molecule has 0 spiro atoms. The van der Waals surface area contributed by atoms with E-state index in [1.54, 1.807) is 24.3 Å². The van der Waals surface area contributed by atoms with Crippen LogP contribution in [0.25, 0.3) is 10.9 Å². The largest absolute Gasteiger partial charge is 0.513 e. The molecule has 0 unspecified atom stereocenters. The lowest BCUT2D eigenvalue weighted by molar-refractivity contribution is 0.0890. The Morgan fingerprint density at radius 3 is 2.79 bits per heavy atom. The Hall–Kier alpha value is -2.30. The summed E-state index contributed by atoms with van der Waals surface area (Å²) >= 11 is 0. The van der Waals surface area contributed by atoms with Crippen molar-refractivity contribution < 1.29 is 14.3 Å². The van der Waals surface area contributed by atoms with Crippen LogP contribution in [0, 0.1) is 5.92 Å². The van der Waals surface area contributed by atoms with Crippen LogP contribution in [-0.2, 0) is 4.74 Å². The molecular weight excluding hydrogens is 246 g/mol. The number of nitrogens with one attached hydrogen (secondary N) is 1. The van der Waals surface area contributed by atoms with Crippen LogP contribution in [0.15, 0.2) is 35.1 Å². The zero-order valence-corrected chi connectivity index (χ0v) is 10.8. The number of fused-ring (bicyclic) bond motifs is 1. The predicted octanol–water partition coefficient (Wildman–Crippen LogP) is 2.70. The molecule has 100 valence electrons. The molecule has 5 nitrogen and oxygen atoms in total. The smallest absolute Gasteiger partial charge is 0.434 e. The molecule has 0 fully saturated rings. The van der Waals surface area contributed by atoms with Gasteiger partial charge in [0.25, 0.3) is 5.56 Å². The Bertz CT molecular complexity index is 645. The summed E-state index contributed by atoms with van der Waals surface area (Å²) in [6.07, 6.45) is -0.801. The lowest BCUT2D eigenvalue weighted by Gasteiger charge is -2.09. The first-order chi connectivity index (χ1) is 9.06. The Morgan fingerprint density at radius 2 is 2.05 bits per heavy atom. The van der Waals surface area contributed by atoms with Crippen LogP contribution in [0.2, 0.25) is 0 Å². The van der Waals surface area contributed by atoms with Crippen LogP contribution < -0.4 is 10.3 Å². The van der Waals surface area contributed by atoms with Crippen LogP contribution >= 0.6 is 0 Å². The van der Waals surface area contributed by atoms with E-state index in [0.717, 1.165) is 0 Å². The molecule has 2 aromatic rings. The third kappa shape index (κ3) is 3.34. The fourth-order valence-corrected chi connectivity index (χ4v) is 1.61. The minimum Gasteiger partial charge on any atom is -0.434 e. The summed E-state index contributed by atoms with van der Waals surface area (Å²) in [7, 11) is 0. The molecule has 5 heteroatoms. The van der Waals surface area contributed by atoms with E-state index < -0.39 is 6.16 Å². The molecule has 0 aliphatic heterocycles. The zero-order valence-electron chi connectivity index (χ0n) is 10.8. The number of H-pyrrole nitrogens is 1. The van der Waals surface area contributed by atoms with E-state index in [2.05, 4.69) is 4.98 Å². The minimum absolute atomic E-state index is 0.202. The van der Waals surface area contributed by atoms with Crippen molar-refractivity contribution in [1.29, 1.82) is 0 Å². The summed E-state index contributed by atoms with van der Waals surface area (Å²) in [5.41, 5.74) is 0.284. The number of benzene rings is 1. The summed E-state index contributed by atoms with van der Waals surface area (Å²) in [4.78, 5) is 25.6. The average molecular weight is 261 g/mol. The summed E-state index contributed by atoms with van der Waals surface area (Å²) in [6, 6.07) is 8.32. The molecule has 0 aliphatic rings. The van der Waals surface area contributed by atoms with Gasteiger partial charge in [0.05, 0.1) is 12.1 Å². The lowest BCUT2D eigenvalue weighted by atomic mass is 10.2. The Kier molecular flexibility index (Phi) is 3.85. The highest BCUT2D eigenvalue weighted by Gasteiger charge is 2.11. The van der Waals surface area contributed by atoms with Gasteiger partial charge in [-0.15, -0.1) is 0 Å². The van der Waals surface area contributed by atoms with Gasteiger partial charge in [0.2, 0.25) is 0 Å². The lowest BCUT2D eigenvalue weighted by Crippen LogP contribution is -2.16. The SMILES string of the molecule is CC(C)COC(=O)Oc1cc(=O)[nH]c2ccccc12. The normalized spacial score (nSPS) is 10.7. The van der Waals surface area contributed by atoms with Gasteiger partial charge >= 0.3 is 6.16 Å². The van der Waals surface area contributed by atoms with Crippen LogP contribution in [0.1, 0.15) is 13.8 Å². The fourth-order valence-electron chi connectivity index (χ4n) is 1.61. The molecule has 0 radical (unpaired) electrons. The van der Waals surface area contributed by atoms with Crippen LogP contribution in [0.5, 0.6) is 5.75 Å². The number of hydrogen-bond donors (Lipinski definition) is 1. The highest BCUT2D eigenvalue weighted by atomic mass is 16.7. The van der Waals surface area contributed by atoms with Crippen molar-refractivity contribution in [3.05, 3.63) is 40.7 Å². The summed E-state index contributed by atoms with van der Waals surface area (Å²) in [5, 5.41) is 0.656. The second-order valence-corrected chi connectivity index (χ2v) is 4.60. The number of aromatic amines is 1. The molecule has 0 atom stereocenters. The van der Waals surface area contributed by atoms with Crippen molar-refractivity contribution in [1.82, 2.24) is 4.98 Å². The molecule has 1 N–H and O–H groups in total. The van der Waals surface area contributed by atoms with Gasteiger partial charge in [-0.25, -0.2) is 4.79 Å². The monoisotopic (exact) mass is 261 g/mol. The highest BCUT2D eigenvalue weighted by Crippen LogP contribution is 2.22. The van der Waals surface area contributed by atoms with Gasteiger partial charge in [0.1, 0.15) is 5.75 Å². The van der Waals surface area contributed by atoms with Crippen molar-refractivity contribution >= 4 is 17.1 Å². The van der Waals surface area contributed by atoms with E-state index in [9.17, 15) is 9.59 Å². The summed E-state index contributed by atoms with van der Waals surface area (Å²) in [6.45, 7) is 4.13. The number of pyridine rings is 1. The maximum absolute atomic E-state index is 11.5. The molecule has 0 bridgehead atoms. The Labute approximate surface area is 110 Å². The molecule has 19 heavy (non-hydrogen) atoms. The average Bonchev–Trinajstić information content (AvgIpc) is 2.36. The molecule has 1 heterocycles. The van der Waals surface area contributed by atoms with Gasteiger partial charge in [-0.3, -0.25) is 4.79 Å². The van der Waals surface area contributed by atoms with Crippen LogP contribution in [-0.4, -0.2) is 17.7 Å². The number of hydrogen-bond acceptors (Lipinski definition) is 4. The molecule has 2 rings (SSSR count). The number of carbonyl (C=O) groups is 1. The van der Waals surface area contributed by atoms with E-state index in [0.29, 0.717) is 10.9 Å². The third-order valence-electron chi connectivity index (χ3n) is 2.44. The van der Waals surface area contributed by atoms with E-state index in [4.69, 9.17) is 9.47 Å². The third-order valence-corrected chi connectivity index (χ3v) is 2.44. The van der Waals surface area contributed by atoms with Gasteiger partial charge in [0.15, 0.2) is 0 Å². The molecule has 1 aromatic heterocycles. The van der Waals surface area contributed by atoms with Crippen molar-refractivity contribution in [2.75, 3.05) is 6.61 Å². The van der Waals surface area contributed by atoms with Crippen LogP contribution in [0.3, 0.4) is 0 Å². The minimum atomic E-state index is -0.801. The van der Waals surface area contributed by atoms with Crippen LogP contribution in [0.4, 0.5) is 4.79 Å². The summed E-state index contributed by atoms with van der Waals surface area (Å²) < 4.78 is 10.0. The Morgan fingerprint density at radius 1 is 1.32 bits per heavy atom. The predicted molar refractivity (Wildman–Crippen MR) is 71.4 cm³/mol.